The zero-order valence-electron chi connectivity index (χ0n) is 15.5. The second-order valence-electron chi connectivity index (χ2n) is 5.95. The molecule has 0 radical (unpaired) electrons. The molecule has 0 aliphatic rings. The highest BCUT2D eigenvalue weighted by Crippen LogP contribution is 2.35. The van der Waals surface area contributed by atoms with Gasteiger partial charge in [0.2, 0.25) is 5.13 Å². The average molecular weight is 402 g/mol. The molecule has 1 N–H and O–H groups in total. The van der Waals surface area contributed by atoms with Gasteiger partial charge in [0.15, 0.2) is 11.5 Å². The molecule has 0 saturated heterocycles. The number of hydrazone groups is 1. The maximum absolute atomic E-state index is 6.21. The van der Waals surface area contributed by atoms with Gasteiger partial charge >= 0.3 is 0 Å². The van der Waals surface area contributed by atoms with Crippen LogP contribution in [0.2, 0.25) is 5.02 Å². The highest BCUT2D eigenvalue weighted by atomic mass is 35.5. The normalized spacial score (nSPS) is 11.0. The Balaban J connectivity index is 1.73. The summed E-state index contributed by atoms with van der Waals surface area (Å²) in [6, 6.07) is 9.89. The number of hydrogen-bond acceptors (Lipinski definition) is 6. The molecule has 0 fully saturated rings. The minimum Gasteiger partial charge on any atom is -0.493 e. The standard InChI is InChI=1S/C20H20ClN3O2S/c1-12-5-6-15(7-13(12)2)17-11-27-20(23-17)24-22-10-14-8-16(21)19(26-4)18(9-14)25-3/h5-11H,1-4H3,(H,23,24)/b22-10-. The molecule has 3 aromatic rings. The van der Waals surface area contributed by atoms with Crippen LogP contribution in [0, 0.1) is 13.8 Å². The highest BCUT2D eigenvalue weighted by molar-refractivity contribution is 7.14. The van der Waals surface area contributed by atoms with Crippen LogP contribution in [0.25, 0.3) is 11.3 Å². The van der Waals surface area contributed by atoms with E-state index in [1.165, 1.54) is 22.5 Å². The van der Waals surface area contributed by atoms with Crippen molar-refractivity contribution < 1.29 is 9.47 Å². The Kier molecular flexibility index (Phi) is 5.98. The molecule has 0 atom stereocenters. The maximum atomic E-state index is 6.21. The Morgan fingerprint density at radius 1 is 1.11 bits per heavy atom. The first-order valence-corrected chi connectivity index (χ1v) is 9.51. The second-order valence-corrected chi connectivity index (χ2v) is 7.21. The summed E-state index contributed by atoms with van der Waals surface area (Å²) in [4.78, 5) is 4.58. The quantitative estimate of drug-likeness (QED) is 0.435. The predicted molar refractivity (Wildman–Crippen MR) is 113 cm³/mol. The first kappa shape index (κ1) is 19.2. The van der Waals surface area contributed by atoms with Crippen LogP contribution in [-0.4, -0.2) is 25.4 Å². The van der Waals surface area contributed by atoms with E-state index in [0.29, 0.717) is 21.7 Å². The fraction of sp³-hybridized carbons (Fsp3) is 0.200. The minimum absolute atomic E-state index is 0.463. The summed E-state index contributed by atoms with van der Waals surface area (Å²) < 4.78 is 10.5. The fourth-order valence-corrected chi connectivity index (χ4v) is 3.50. The van der Waals surface area contributed by atoms with Gasteiger partial charge in [-0.05, 0) is 48.7 Å². The molecule has 0 spiro atoms. The van der Waals surface area contributed by atoms with Crippen molar-refractivity contribution >= 4 is 34.3 Å². The zero-order valence-corrected chi connectivity index (χ0v) is 17.1. The summed E-state index contributed by atoms with van der Waals surface area (Å²) >= 11 is 7.71. The van der Waals surface area contributed by atoms with E-state index in [1.54, 1.807) is 32.6 Å². The Morgan fingerprint density at radius 3 is 2.63 bits per heavy atom. The average Bonchev–Trinajstić information content (AvgIpc) is 3.12. The lowest BCUT2D eigenvalue weighted by Gasteiger charge is -2.09. The summed E-state index contributed by atoms with van der Waals surface area (Å²) in [7, 11) is 3.12. The molecular weight excluding hydrogens is 382 g/mol. The van der Waals surface area contributed by atoms with Crippen molar-refractivity contribution in [1.29, 1.82) is 0 Å². The summed E-state index contributed by atoms with van der Waals surface area (Å²) in [6.07, 6.45) is 1.66. The molecule has 0 unspecified atom stereocenters. The maximum Gasteiger partial charge on any atom is 0.203 e. The number of aryl methyl sites for hydroxylation is 2. The van der Waals surface area contributed by atoms with Crippen molar-refractivity contribution in [1.82, 2.24) is 4.98 Å². The predicted octanol–water partition coefficient (Wildman–Crippen LogP) is 5.54. The van der Waals surface area contributed by atoms with Crippen LogP contribution in [0.15, 0.2) is 40.8 Å². The van der Waals surface area contributed by atoms with E-state index < -0.39 is 0 Å². The molecule has 140 valence electrons. The summed E-state index contributed by atoms with van der Waals surface area (Å²) in [5, 5.41) is 7.43. The highest BCUT2D eigenvalue weighted by Gasteiger charge is 2.10. The Labute approximate surface area is 167 Å². The third-order valence-electron chi connectivity index (χ3n) is 4.14. The third kappa shape index (κ3) is 4.40. The molecule has 27 heavy (non-hydrogen) atoms. The van der Waals surface area contributed by atoms with Gasteiger partial charge in [0.25, 0.3) is 0 Å². The minimum atomic E-state index is 0.463. The summed E-state index contributed by atoms with van der Waals surface area (Å²) in [6.45, 7) is 4.20. The number of benzene rings is 2. The number of halogens is 1. The Bertz CT molecular complexity index is 985. The summed E-state index contributed by atoms with van der Waals surface area (Å²) in [5.41, 5.74) is 8.28. The van der Waals surface area contributed by atoms with Gasteiger partial charge in [-0.15, -0.1) is 11.3 Å². The summed E-state index contributed by atoms with van der Waals surface area (Å²) in [5.74, 6) is 1.06. The van der Waals surface area contributed by atoms with Crippen molar-refractivity contribution in [2.75, 3.05) is 19.6 Å². The van der Waals surface area contributed by atoms with Gasteiger partial charge in [-0.25, -0.2) is 4.98 Å². The molecule has 0 bridgehead atoms. The lowest BCUT2D eigenvalue weighted by Crippen LogP contribution is -1.95. The van der Waals surface area contributed by atoms with E-state index >= 15 is 0 Å². The number of aromatic nitrogens is 1. The van der Waals surface area contributed by atoms with Crippen LogP contribution >= 0.6 is 22.9 Å². The molecule has 1 heterocycles. The molecular formula is C20H20ClN3O2S. The van der Waals surface area contributed by atoms with E-state index in [2.05, 4.69) is 47.6 Å². The number of anilines is 1. The van der Waals surface area contributed by atoms with Crippen molar-refractivity contribution in [3.63, 3.8) is 0 Å². The number of methoxy groups -OCH3 is 2. The lowest BCUT2D eigenvalue weighted by atomic mass is 10.1. The van der Waals surface area contributed by atoms with E-state index in [0.717, 1.165) is 16.8 Å². The van der Waals surface area contributed by atoms with Crippen LogP contribution in [0.1, 0.15) is 16.7 Å². The molecule has 1 aromatic heterocycles. The van der Waals surface area contributed by atoms with Crippen LogP contribution < -0.4 is 14.9 Å². The molecule has 0 saturated carbocycles. The van der Waals surface area contributed by atoms with Gasteiger partial charge in [0.1, 0.15) is 0 Å². The van der Waals surface area contributed by atoms with Crippen LogP contribution in [-0.2, 0) is 0 Å². The first-order valence-electron chi connectivity index (χ1n) is 8.25. The third-order valence-corrected chi connectivity index (χ3v) is 5.16. The van der Waals surface area contributed by atoms with Gasteiger partial charge in [-0.3, -0.25) is 5.43 Å². The van der Waals surface area contributed by atoms with Crippen LogP contribution in [0.4, 0.5) is 5.13 Å². The van der Waals surface area contributed by atoms with Gasteiger partial charge in [-0.1, -0.05) is 23.7 Å². The lowest BCUT2D eigenvalue weighted by molar-refractivity contribution is 0.355. The molecule has 3 rings (SSSR count). The van der Waals surface area contributed by atoms with Crippen LogP contribution in [0.3, 0.4) is 0 Å². The van der Waals surface area contributed by atoms with Crippen molar-refractivity contribution in [3.05, 3.63) is 57.4 Å². The topological polar surface area (TPSA) is 55.7 Å². The SMILES string of the molecule is COc1cc(/C=N\Nc2nc(-c3ccc(C)c(C)c3)cs2)cc(Cl)c1OC. The number of nitrogens with zero attached hydrogens (tertiary/aromatic N) is 2. The molecule has 0 amide bonds. The number of ether oxygens (including phenoxy) is 2. The smallest absolute Gasteiger partial charge is 0.203 e. The van der Waals surface area contributed by atoms with E-state index in [-0.39, 0.29) is 0 Å². The number of hydrogen-bond donors (Lipinski definition) is 1. The number of rotatable bonds is 6. The molecule has 0 aliphatic heterocycles. The van der Waals surface area contributed by atoms with Crippen molar-refractivity contribution in [3.8, 4) is 22.8 Å². The molecule has 5 nitrogen and oxygen atoms in total. The van der Waals surface area contributed by atoms with E-state index in [9.17, 15) is 0 Å². The van der Waals surface area contributed by atoms with Gasteiger partial charge in [-0.2, -0.15) is 5.10 Å². The van der Waals surface area contributed by atoms with Gasteiger partial charge in [0.05, 0.1) is 31.2 Å². The monoisotopic (exact) mass is 401 g/mol. The van der Waals surface area contributed by atoms with Gasteiger partial charge < -0.3 is 9.47 Å². The largest absolute Gasteiger partial charge is 0.493 e. The number of nitrogens with one attached hydrogen (secondary N) is 1. The fourth-order valence-electron chi connectivity index (χ4n) is 2.53. The van der Waals surface area contributed by atoms with Gasteiger partial charge in [0, 0.05) is 10.9 Å². The Hall–Kier alpha value is -2.57. The van der Waals surface area contributed by atoms with E-state index in [1.807, 2.05) is 5.38 Å². The molecule has 0 aliphatic carbocycles. The Morgan fingerprint density at radius 2 is 1.93 bits per heavy atom. The molecule has 2 aromatic carbocycles. The zero-order chi connectivity index (χ0) is 19.4. The van der Waals surface area contributed by atoms with Crippen LogP contribution in [0.5, 0.6) is 11.5 Å². The number of thiazole rings is 1. The molecule has 7 heteroatoms. The second kappa shape index (κ2) is 8.41. The first-order chi connectivity index (χ1) is 13.0. The van der Waals surface area contributed by atoms with E-state index in [4.69, 9.17) is 21.1 Å². The van der Waals surface area contributed by atoms with Crippen molar-refractivity contribution in [2.24, 2.45) is 5.10 Å². The van der Waals surface area contributed by atoms with Crippen molar-refractivity contribution in [2.45, 2.75) is 13.8 Å².